The van der Waals surface area contributed by atoms with Crippen molar-refractivity contribution in [2.45, 2.75) is 13.5 Å². The molecule has 0 bridgehead atoms. The van der Waals surface area contributed by atoms with Crippen molar-refractivity contribution in [3.05, 3.63) is 86.2 Å². The van der Waals surface area contributed by atoms with Crippen LogP contribution >= 0.6 is 22.9 Å². The van der Waals surface area contributed by atoms with Crippen LogP contribution in [0.1, 0.15) is 20.8 Å². The number of fused-ring (bicyclic) bond motifs is 1. The zero-order valence-electron chi connectivity index (χ0n) is 16.3. The zero-order valence-corrected chi connectivity index (χ0v) is 17.9. The van der Waals surface area contributed by atoms with Gasteiger partial charge in [-0.3, -0.25) is 14.2 Å². The third-order valence-electron chi connectivity index (χ3n) is 4.72. The van der Waals surface area contributed by atoms with Gasteiger partial charge in [0.05, 0.1) is 35.9 Å². The lowest BCUT2D eigenvalue weighted by Crippen LogP contribution is -2.21. The van der Waals surface area contributed by atoms with Crippen molar-refractivity contribution in [2.24, 2.45) is 0 Å². The number of aryl methyl sites for hydroxylation is 1. The lowest BCUT2D eigenvalue weighted by atomic mass is 10.2. The van der Waals surface area contributed by atoms with Crippen molar-refractivity contribution in [1.82, 2.24) is 9.55 Å². The lowest BCUT2D eigenvalue weighted by Gasteiger charge is -2.09. The van der Waals surface area contributed by atoms with Crippen molar-refractivity contribution in [2.75, 3.05) is 12.4 Å². The maximum absolute atomic E-state index is 13.1. The first-order valence-electron chi connectivity index (χ1n) is 9.15. The molecule has 0 spiro atoms. The van der Waals surface area contributed by atoms with E-state index in [0.29, 0.717) is 43.7 Å². The number of para-hydroxylation sites is 2. The maximum atomic E-state index is 13.1. The van der Waals surface area contributed by atoms with Crippen LogP contribution in [0.2, 0.25) is 5.02 Å². The number of hydrogen-bond donors (Lipinski definition) is 1. The van der Waals surface area contributed by atoms with Crippen LogP contribution < -0.4 is 15.6 Å². The zero-order chi connectivity index (χ0) is 21.3. The largest absolute Gasteiger partial charge is 0.495 e. The van der Waals surface area contributed by atoms with E-state index in [0.717, 1.165) is 5.56 Å². The molecular weight excluding hydrogens is 422 g/mol. The summed E-state index contributed by atoms with van der Waals surface area (Å²) in [6.45, 7) is 2.11. The molecule has 30 heavy (non-hydrogen) atoms. The first-order valence-corrected chi connectivity index (χ1v) is 10.3. The molecule has 152 valence electrons. The second-order valence-electron chi connectivity index (χ2n) is 6.70. The molecule has 4 aromatic rings. The van der Waals surface area contributed by atoms with Gasteiger partial charge in [0.25, 0.3) is 11.5 Å². The second-order valence-corrected chi connectivity index (χ2v) is 8.13. The number of halogens is 1. The Bertz CT molecular complexity index is 1310. The first-order chi connectivity index (χ1) is 14.5. The quantitative estimate of drug-likeness (QED) is 0.488. The molecule has 0 saturated carbocycles. The fraction of sp³-hybridized carbons (Fsp3) is 0.136. The molecule has 0 fully saturated rings. The molecule has 0 aliphatic rings. The summed E-state index contributed by atoms with van der Waals surface area (Å²) >= 11 is 7.24. The summed E-state index contributed by atoms with van der Waals surface area (Å²) in [4.78, 5) is 31.4. The molecule has 0 aliphatic heterocycles. The number of rotatable bonds is 5. The van der Waals surface area contributed by atoms with E-state index in [1.54, 1.807) is 32.2 Å². The van der Waals surface area contributed by atoms with Crippen LogP contribution in [0.15, 0.2) is 59.7 Å². The Labute approximate surface area is 181 Å². The fourth-order valence-corrected chi connectivity index (χ4v) is 4.49. The van der Waals surface area contributed by atoms with E-state index in [2.05, 4.69) is 10.3 Å². The Morgan fingerprint density at radius 3 is 2.80 bits per heavy atom. The molecule has 4 rings (SSSR count). The topological polar surface area (TPSA) is 73.2 Å². The summed E-state index contributed by atoms with van der Waals surface area (Å²) < 4.78 is 6.81. The molecule has 2 aromatic heterocycles. The van der Waals surface area contributed by atoms with E-state index >= 15 is 0 Å². The normalized spacial score (nSPS) is 10.9. The summed E-state index contributed by atoms with van der Waals surface area (Å²) in [5.74, 6) is 0.257. The van der Waals surface area contributed by atoms with Gasteiger partial charge in [0.1, 0.15) is 10.6 Å². The van der Waals surface area contributed by atoms with Gasteiger partial charge in [0.2, 0.25) is 0 Å². The highest BCUT2D eigenvalue weighted by atomic mass is 35.5. The van der Waals surface area contributed by atoms with E-state index in [1.165, 1.54) is 22.2 Å². The number of aromatic nitrogens is 2. The molecule has 8 heteroatoms. The standard InChI is InChI=1S/C22H18ClN3O3S/c1-13-18-21(24-12-26(22(18)28)11-14-6-5-7-15(23)10-14)30-19(13)20(27)25-16-8-3-4-9-17(16)29-2/h3-10,12H,11H2,1-2H3,(H,25,27). The molecule has 0 unspecified atom stereocenters. The van der Waals surface area contributed by atoms with Gasteiger partial charge in [-0.15, -0.1) is 11.3 Å². The molecule has 0 aliphatic carbocycles. The minimum atomic E-state index is -0.305. The van der Waals surface area contributed by atoms with E-state index in [4.69, 9.17) is 16.3 Å². The van der Waals surface area contributed by atoms with Crippen LogP contribution in [0.25, 0.3) is 10.2 Å². The lowest BCUT2D eigenvalue weighted by molar-refractivity contribution is 0.102. The summed E-state index contributed by atoms with van der Waals surface area (Å²) in [6, 6.07) is 14.5. The van der Waals surface area contributed by atoms with Gasteiger partial charge in [-0.2, -0.15) is 0 Å². The van der Waals surface area contributed by atoms with E-state index in [1.807, 2.05) is 30.3 Å². The van der Waals surface area contributed by atoms with Gasteiger partial charge < -0.3 is 10.1 Å². The molecule has 2 heterocycles. The van der Waals surface area contributed by atoms with Crippen molar-refractivity contribution in [3.63, 3.8) is 0 Å². The highest BCUT2D eigenvalue weighted by Crippen LogP contribution is 2.29. The maximum Gasteiger partial charge on any atom is 0.266 e. The monoisotopic (exact) mass is 439 g/mol. The summed E-state index contributed by atoms with van der Waals surface area (Å²) in [6.07, 6.45) is 1.50. The van der Waals surface area contributed by atoms with Crippen molar-refractivity contribution < 1.29 is 9.53 Å². The number of nitrogens with one attached hydrogen (secondary N) is 1. The molecule has 1 N–H and O–H groups in total. The molecule has 1 amide bonds. The molecule has 0 radical (unpaired) electrons. The molecule has 2 aromatic carbocycles. The third-order valence-corrected chi connectivity index (χ3v) is 6.15. The minimum Gasteiger partial charge on any atom is -0.495 e. The molecule has 6 nitrogen and oxygen atoms in total. The SMILES string of the molecule is COc1ccccc1NC(=O)c1sc2ncn(Cc3cccc(Cl)c3)c(=O)c2c1C. The van der Waals surface area contributed by atoms with Gasteiger partial charge in [0.15, 0.2) is 0 Å². The number of anilines is 1. The Balaban J connectivity index is 1.69. The van der Waals surface area contributed by atoms with Gasteiger partial charge >= 0.3 is 0 Å². The third kappa shape index (κ3) is 3.81. The second kappa shape index (κ2) is 8.30. The molecular formula is C22H18ClN3O3S. The number of nitrogens with zero attached hydrogens (tertiary/aromatic N) is 2. The molecule has 0 atom stereocenters. The van der Waals surface area contributed by atoms with Crippen LogP contribution in [0.3, 0.4) is 0 Å². The Hall–Kier alpha value is -3.16. The van der Waals surface area contributed by atoms with E-state index in [9.17, 15) is 9.59 Å². The van der Waals surface area contributed by atoms with E-state index < -0.39 is 0 Å². The number of carbonyl (C=O) groups is 1. The summed E-state index contributed by atoms with van der Waals surface area (Å²) in [5, 5.41) is 3.92. The summed E-state index contributed by atoms with van der Waals surface area (Å²) in [5.41, 5.74) is 1.88. The summed E-state index contributed by atoms with van der Waals surface area (Å²) in [7, 11) is 1.54. The van der Waals surface area contributed by atoms with Crippen molar-refractivity contribution in [3.8, 4) is 5.75 Å². The predicted octanol–water partition coefficient (Wildman–Crippen LogP) is 4.73. The van der Waals surface area contributed by atoms with Gasteiger partial charge in [0, 0.05) is 5.02 Å². The van der Waals surface area contributed by atoms with Crippen LogP contribution in [0.5, 0.6) is 5.75 Å². The average Bonchev–Trinajstić information content (AvgIpc) is 3.08. The number of benzene rings is 2. The molecule has 0 saturated heterocycles. The fourth-order valence-electron chi connectivity index (χ4n) is 3.25. The Morgan fingerprint density at radius 1 is 1.23 bits per heavy atom. The number of carbonyl (C=O) groups excluding carboxylic acids is 1. The van der Waals surface area contributed by atoms with Crippen LogP contribution in [0, 0.1) is 6.92 Å². The smallest absolute Gasteiger partial charge is 0.266 e. The predicted molar refractivity (Wildman–Crippen MR) is 120 cm³/mol. The number of ether oxygens (including phenoxy) is 1. The van der Waals surface area contributed by atoms with Crippen LogP contribution in [-0.4, -0.2) is 22.6 Å². The van der Waals surface area contributed by atoms with E-state index in [-0.39, 0.29) is 11.5 Å². The number of amides is 1. The van der Waals surface area contributed by atoms with Crippen molar-refractivity contribution >= 4 is 44.7 Å². The van der Waals surface area contributed by atoms with Crippen LogP contribution in [0.4, 0.5) is 5.69 Å². The minimum absolute atomic E-state index is 0.190. The Morgan fingerprint density at radius 2 is 2.03 bits per heavy atom. The highest BCUT2D eigenvalue weighted by Gasteiger charge is 2.20. The Kier molecular flexibility index (Phi) is 5.57. The first kappa shape index (κ1) is 20.1. The van der Waals surface area contributed by atoms with Gasteiger partial charge in [-0.1, -0.05) is 35.9 Å². The van der Waals surface area contributed by atoms with Gasteiger partial charge in [-0.05, 0) is 42.3 Å². The number of thiophene rings is 1. The van der Waals surface area contributed by atoms with Crippen molar-refractivity contribution in [1.29, 1.82) is 0 Å². The number of methoxy groups -OCH3 is 1. The number of hydrogen-bond acceptors (Lipinski definition) is 5. The average molecular weight is 440 g/mol. The highest BCUT2D eigenvalue weighted by molar-refractivity contribution is 7.20. The van der Waals surface area contributed by atoms with Crippen LogP contribution in [-0.2, 0) is 6.54 Å². The van der Waals surface area contributed by atoms with Gasteiger partial charge in [-0.25, -0.2) is 4.98 Å².